The van der Waals surface area contributed by atoms with Crippen LogP contribution in [0.3, 0.4) is 0 Å². The monoisotopic (exact) mass is 245 g/mol. The molecule has 4 nitrogen and oxygen atoms in total. The van der Waals surface area contributed by atoms with Crippen LogP contribution in [0.5, 0.6) is 0 Å². The average Bonchev–Trinajstić information content (AvgIpc) is 3.12. The third-order valence-corrected chi connectivity index (χ3v) is 4.28. The van der Waals surface area contributed by atoms with Crippen LogP contribution in [0.2, 0.25) is 0 Å². The zero-order chi connectivity index (χ0) is 12.4. The second-order valence-corrected chi connectivity index (χ2v) is 5.41. The van der Waals surface area contributed by atoms with Crippen LogP contribution in [0.4, 0.5) is 0 Å². The number of amides is 1. The fourth-order valence-corrected chi connectivity index (χ4v) is 3.00. The number of hydrogen-bond acceptors (Lipinski definition) is 3. The van der Waals surface area contributed by atoms with Gasteiger partial charge in [-0.1, -0.05) is 6.07 Å². The largest absolute Gasteiger partial charge is 0.350 e. The zero-order valence-electron chi connectivity index (χ0n) is 10.5. The Hall–Kier alpha value is -1.42. The van der Waals surface area contributed by atoms with Crippen molar-refractivity contribution in [3.05, 3.63) is 30.1 Å². The molecule has 1 aliphatic carbocycles. The maximum Gasteiger partial charge on any atom is 0.224 e. The van der Waals surface area contributed by atoms with E-state index in [1.54, 1.807) is 6.20 Å². The highest BCUT2D eigenvalue weighted by Crippen LogP contribution is 2.58. The predicted octanol–water partition coefficient (Wildman–Crippen LogP) is 1.09. The summed E-state index contributed by atoms with van der Waals surface area (Å²) in [4.78, 5) is 16.3. The molecule has 1 aliphatic heterocycles. The van der Waals surface area contributed by atoms with E-state index in [0.717, 1.165) is 38.0 Å². The van der Waals surface area contributed by atoms with Crippen molar-refractivity contribution in [3.63, 3.8) is 0 Å². The van der Waals surface area contributed by atoms with Crippen molar-refractivity contribution in [3.8, 4) is 0 Å². The molecule has 0 bridgehead atoms. The Morgan fingerprint density at radius 2 is 2.28 bits per heavy atom. The van der Waals surface area contributed by atoms with Crippen molar-refractivity contribution in [1.29, 1.82) is 0 Å². The molecule has 1 unspecified atom stereocenters. The summed E-state index contributed by atoms with van der Waals surface area (Å²) >= 11 is 0. The third-order valence-electron chi connectivity index (χ3n) is 4.28. The minimum Gasteiger partial charge on any atom is -0.350 e. The van der Waals surface area contributed by atoms with Crippen molar-refractivity contribution >= 4 is 5.91 Å². The smallest absolute Gasteiger partial charge is 0.224 e. The van der Waals surface area contributed by atoms with Crippen molar-refractivity contribution in [2.24, 2.45) is 11.3 Å². The van der Waals surface area contributed by atoms with Crippen LogP contribution in [-0.2, 0) is 11.3 Å². The predicted molar refractivity (Wildman–Crippen MR) is 68.7 cm³/mol. The first-order valence-corrected chi connectivity index (χ1v) is 6.69. The van der Waals surface area contributed by atoms with E-state index in [1.165, 1.54) is 0 Å². The van der Waals surface area contributed by atoms with E-state index in [-0.39, 0.29) is 11.8 Å². The Balaban J connectivity index is 1.51. The normalized spacial score (nSPS) is 24.8. The molecule has 3 rings (SSSR count). The molecule has 0 aromatic carbocycles. The summed E-state index contributed by atoms with van der Waals surface area (Å²) in [7, 11) is 0. The van der Waals surface area contributed by atoms with Gasteiger partial charge in [-0.2, -0.15) is 0 Å². The standard InChI is InChI=1S/C14H19N3O/c18-13(17-10-11-3-1-2-6-16-11)12-9-14(12)4-7-15-8-5-14/h1-3,6,12,15H,4-5,7-10H2,(H,17,18). The van der Waals surface area contributed by atoms with Crippen LogP contribution in [0.1, 0.15) is 25.0 Å². The maximum atomic E-state index is 12.1. The number of hydrogen-bond donors (Lipinski definition) is 2. The number of piperidine rings is 1. The quantitative estimate of drug-likeness (QED) is 0.838. The van der Waals surface area contributed by atoms with E-state index in [2.05, 4.69) is 15.6 Å². The topological polar surface area (TPSA) is 54.0 Å². The van der Waals surface area contributed by atoms with E-state index < -0.39 is 0 Å². The van der Waals surface area contributed by atoms with Crippen LogP contribution in [0.15, 0.2) is 24.4 Å². The summed E-state index contributed by atoms with van der Waals surface area (Å²) in [6.07, 6.45) is 5.12. The van der Waals surface area contributed by atoms with Gasteiger partial charge in [0.05, 0.1) is 12.2 Å². The summed E-state index contributed by atoms with van der Waals surface area (Å²) in [6.45, 7) is 2.67. The molecule has 2 N–H and O–H groups in total. The first-order chi connectivity index (χ1) is 8.80. The molecule has 18 heavy (non-hydrogen) atoms. The highest BCUT2D eigenvalue weighted by molar-refractivity contribution is 5.82. The highest BCUT2D eigenvalue weighted by atomic mass is 16.2. The van der Waals surface area contributed by atoms with Gasteiger partial charge in [-0.05, 0) is 49.9 Å². The lowest BCUT2D eigenvalue weighted by molar-refractivity contribution is -0.123. The van der Waals surface area contributed by atoms with Crippen LogP contribution >= 0.6 is 0 Å². The minimum absolute atomic E-state index is 0.211. The Morgan fingerprint density at radius 1 is 1.44 bits per heavy atom. The molecular formula is C14H19N3O. The zero-order valence-corrected chi connectivity index (χ0v) is 10.5. The molecule has 1 atom stereocenters. The first-order valence-electron chi connectivity index (χ1n) is 6.69. The molecule has 4 heteroatoms. The summed E-state index contributed by atoms with van der Waals surface area (Å²) in [5.74, 6) is 0.450. The van der Waals surface area contributed by atoms with Crippen molar-refractivity contribution < 1.29 is 4.79 Å². The van der Waals surface area contributed by atoms with E-state index in [4.69, 9.17) is 0 Å². The Kier molecular flexibility index (Phi) is 3.04. The van der Waals surface area contributed by atoms with Gasteiger partial charge in [0, 0.05) is 12.1 Å². The minimum atomic E-state index is 0.211. The molecule has 1 aromatic rings. The molecule has 0 radical (unpaired) electrons. The van der Waals surface area contributed by atoms with Gasteiger partial charge in [0.25, 0.3) is 0 Å². The van der Waals surface area contributed by atoms with E-state index in [9.17, 15) is 4.79 Å². The second kappa shape index (κ2) is 4.69. The molecule has 1 aromatic heterocycles. The molecule has 2 fully saturated rings. The number of nitrogens with one attached hydrogen (secondary N) is 2. The molecule has 1 saturated heterocycles. The number of nitrogens with zero attached hydrogens (tertiary/aromatic N) is 1. The van der Waals surface area contributed by atoms with Crippen molar-refractivity contribution in [1.82, 2.24) is 15.6 Å². The van der Waals surface area contributed by atoms with Gasteiger partial charge in [0.15, 0.2) is 0 Å². The van der Waals surface area contributed by atoms with Gasteiger partial charge in [-0.15, -0.1) is 0 Å². The average molecular weight is 245 g/mol. The Labute approximate surface area is 107 Å². The molecule has 1 saturated carbocycles. The Morgan fingerprint density at radius 3 is 3.00 bits per heavy atom. The number of carbonyl (C=O) groups excluding carboxylic acids is 1. The molecule has 2 heterocycles. The van der Waals surface area contributed by atoms with E-state index in [1.807, 2.05) is 18.2 Å². The molecular weight excluding hydrogens is 226 g/mol. The Bertz CT molecular complexity index is 426. The molecule has 2 aliphatic rings. The van der Waals surface area contributed by atoms with Crippen LogP contribution in [0.25, 0.3) is 0 Å². The fraction of sp³-hybridized carbons (Fsp3) is 0.571. The van der Waals surface area contributed by atoms with Gasteiger partial charge >= 0.3 is 0 Å². The van der Waals surface area contributed by atoms with Crippen LogP contribution in [-0.4, -0.2) is 24.0 Å². The number of pyridine rings is 1. The van der Waals surface area contributed by atoms with Crippen molar-refractivity contribution in [2.75, 3.05) is 13.1 Å². The summed E-state index contributed by atoms with van der Waals surface area (Å²) in [5.41, 5.74) is 1.24. The lowest BCUT2D eigenvalue weighted by atomic mass is 9.92. The SMILES string of the molecule is O=C(NCc1ccccn1)C1CC12CCNCC2. The van der Waals surface area contributed by atoms with Crippen molar-refractivity contribution in [2.45, 2.75) is 25.8 Å². The first kappa shape index (κ1) is 11.7. The summed E-state index contributed by atoms with van der Waals surface area (Å²) in [6, 6.07) is 5.77. The second-order valence-electron chi connectivity index (χ2n) is 5.41. The van der Waals surface area contributed by atoms with Gasteiger partial charge in [-0.3, -0.25) is 9.78 Å². The highest BCUT2D eigenvalue weighted by Gasteiger charge is 2.57. The molecule has 96 valence electrons. The fourth-order valence-electron chi connectivity index (χ4n) is 3.00. The summed E-state index contributed by atoms with van der Waals surface area (Å²) < 4.78 is 0. The lowest BCUT2D eigenvalue weighted by Gasteiger charge is -2.23. The molecule has 1 amide bonds. The maximum absolute atomic E-state index is 12.1. The van der Waals surface area contributed by atoms with Crippen LogP contribution < -0.4 is 10.6 Å². The van der Waals surface area contributed by atoms with Gasteiger partial charge in [0.2, 0.25) is 5.91 Å². The van der Waals surface area contributed by atoms with Gasteiger partial charge in [0.1, 0.15) is 0 Å². The third kappa shape index (κ3) is 2.25. The van der Waals surface area contributed by atoms with E-state index in [0.29, 0.717) is 12.0 Å². The number of carbonyl (C=O) groups is 1. The van der Waals surface area contributed by atoms with Gasteiger partial charge < -0.3 is 10.6 Å². The van der Waals surface area contributed by atoms with E-state index >= 15 is 0 Å². The number of aromatic nitrogens is 1. The molecule has 1 spiro atoms. The van der Waals surface area contributed by atoms with Gasteiger partial charge in [-0.25, -0.2) is 0 Å². The van der Waals surface area contributed by atoms with Crippen LogP contribution in [0, 0.1) is 11.3 Å². The number of rotatable bonds is 3. The lowest BCUT2D eigenvalue weighted by Crippen LogP contribution is -2.33. The summed E-state index contributed by atoms with van der Waals surface area (Å²) in [5, 5.41) is 6.37.